The Balaban J connectivity index is 2.17. The van der Waals surface area contributed by atoms with Gasteiger partial charge in [0.05, 0.1) is 18.6 Å². The summed E-state index contributed by atoms with van der Waals surface area (Å²) in [5.41, 5.74) is 0.740. The number of amides is 1. The number of carbonyl (C=O) groups is 2. The number of hydrogen-bond donors (Lipinski definition) is 2. The van der Waals surface area contributed by atoms with Crippen LogP contribution < -0.4 is 4.90 Å². The lowest BCUT2D eigenvalue weighted by Crippen LogP contribution is -2.34. The minimum absolute atomic E-state index is 0.130. The molecule has 2 N–H and O–H groups in total. The van der Waals surface area contributed by atoms with Crippen molar-refractivity contribution < 1.29 is 19.8 Å². The molecular formula is C15H15NO4S. The molecule has 21 heavy (non-hydrogen) atoms. The van der Waals surface area contributed by atoms with Crippen molar-refractivity contribution in [3.63, 3.8) is 0 Å². The number of hydrogen-bond acceptors (Lipinski definition) is 4. The Morgan fingerprint density at radius 3 is 2.38 bits per heavy atom. The highest BCUT2D eigenvalue weighted by atomic mass is 32.1. The van der Waals surface area contributed by atoms with Crippen molar-refractivity contribution in [2.24, 2.45) is 0 Å². The van der Waals surface area contributed by atoms with E-state index >= 15 is 0 Å². The van der Waals surface area contributed by atoms with E-state index < -0.39 is 5.97 Å². The number of rotatable bonds is 6. The second-order valence-electron chi connectivity index (χ2n) is 4.38. The Morgan fingerprint density at radius 2 is 1.86 bits per heavy atom. The van der Waals surface area contributed by atoms with Gasteiger partial charge in [-0.25, -0.2) is 4.79 Å². The van der Waals surface area contributed by atoms with Gasteiger partial charge in [-0.3, -0.25) is 4.79 Å². The first-order valence-electron chi connectivity index (χ1n) is 6.39. The van der Waals surface area contributed by atoms with E-state index in [1.165, 1.54) is 28.4 Å². The zero-order chi connectivity index (χ0) is 15.2. The molecule has 2 rings (SSSR count). The van der Waals surface area contributed by atoms with E-state index in [9.17, 15) is 9.59 Å². The molecule has 0 aliphatic carbocycles. The first kappa shape index (κ1) is 15.2. The van der Waals surface area contributed by atoms with Crippen molar-refractivity contribution in [3.8, 4) is 0 Å². The third-order valence-corrected chi connectivity index (χ3v) is 3.83. The maximum atomic E-state index is 12.3. The maximum absolute atomic E-state index is 12.3. The van der Waals surface area contributed by atoms with Crippen molar-refractivity contribution in [1.82, 2.24) is 0 Å². The van der Waals surface area contributed by atoms with Gasteiger partial charge in [0, 0.05) is 17.1 Å². The van der Waals surface area contributed by atoms with E-state index in [0.717, 1.165) is 4.88 Å². The lowest BCUT2D eigenvalue weighted by Gasteiger charge is -2.21. The summed E-state index contributed by atoms with van der Waals surface area (Å²) in [6.45, 7) is 0.0213. The van der Waals surface area contributed by atoms with Gasteiger partial charge in [0.15, 0.2) is 0 Å². The average molecular weight is 305 g/mol. The molecule has 0 bridgehead atoms. The highest BCUT2D eigenvalue weighted by Crippen LogP contribution is 2.18. The zero-order valence-corrected chi connectivity index (χ0v) is 12.0. The van der Waals surface area contributed by atoms with Crippen LogP contribution in [0.15, 0.2) is 41.8 Å². The number of aliphatic hydroxyl groups is 1. The van der Waals surface area contributed by atoms with Crippen molar-refractivity contribution >= 4 is 28.9 Å². The molecular weight excluding hydrogens is 290 g/mol. The predicted octanol–water partition coefficient (Wildman–Crippen LogP) is 2.01. The fourth-order valence-electron chi connectivity index (χ4n) is 1.94. The van der Waals surface area contributed by atoms with Crippen molar-refractivity contribution in [2.75, 3.05) is 18.1 Å². The van der Waals surface area contributed by atoms with E-state index in [0.29, 0.717) is 5.69 Å². The van der Waals surface area contributed by atoms with Gasteiger partial charge < -0.3 is 15.1 Å². The second kappa shape index (κ2) is 7.01. The Bertz CT molecular complexity index is 607. The highest BCUT2D eigenvalue weighted by Gasteiger charge is 2.16. The van der Waals surface area contributed by atoms with Gasteiger partial charge in [0.25, 0.3) is 0 Å². The molecule has 0 atom stereocenters. The SMILES string of the molecule is O=C(O)c1ccc(N(CCO)C(=O)Cc2cccs2)cc1. The fraction of sp³-hybridized carbons (Fsp3) is 0.200. The van der Waals surface area contributed by atoms with Crippen LogP contribution in [0.5, 0.6) is 0 Å². The molecule has 1 amide bonds. The second-order valence-corrected chi connectivity index (χ2v) is 5.41. The molecule has 0 unspecified atom stereocenters. The molecule has 0 saturated carbocycles. The molecule has 2 aromatic rings. The van der Waals surface area contributed by atoms with Crippen LogP contribution in [0.3, 0.4) is 0 Å². The maximum Gasteiger partial charge on any atom is 0.335 e. The van der Waals surface area contributed by atoms with Crippen LogP contribution in [0.1, 0.15) is 15.2 Å². The predicted molar refractivity (Wildman–Crippen MR) is 80.9 cm³/mol. The minimum atomic E-state index is -1.01. The number of aliphatic hydroxyl groups excluding tert-OH is 1. The number of carbonyl (C=O) groups excluding carboxylic acids is 1. The first-order chi connectivity index (χ1) is 10.1. The van der Waals surface area contributed by atoms with Gasteiger partial charge in [0.1, 0.15) is 0 Å². The molecule has 5 nitrogen and oxygen atoms in total. The molecule has 110 valence electrons. The number of aromatic carboxylic acids is 1. The van der Waals surface area contributed by atoms with Crippen LogP contribution >= 0.6 is 11.3 Å². The van der Waals surface area contributed by atoms with Gasteiger partial charge in [0.2, 0.25) is 5.91 Å². The summed E-state index contributed by atoms with van der Waals surface area (Å²) in [5, 5.41) is 19.9. The Labute approximate surface area is 126 Å². The zero-order valence-electron chi connectivity index (χ0n) is 11.2. The normalized spacial score (nSPS) is 10.3. The summed E-state index contributed by atoms with van der Waals surface area (Å²) < 4.78 is 0. The quantitative estimate of drug-likeness (QED) is 0.856. The van der Waals surface area contributed by atoms with Gasteiger partial charge >= 0.3 is 5.97 Å². The monoisotopic (exact) mass is 305 g/mol. The summed E-state index contributed by atoms with van der Waals surface area (Å²) in [6, 6.07) is 9.80. The number of benzene rings is 1. The molecule has 0 spiro atoms. The van der Waals surface area contributed by atoms with Crippen LogP contribution in [0, 0.1) is 0 Å². The van der Waals surface area contributed by atoms with E-state index in [1.54, 1.807) is 12.1 Å². The summed E-state index contributed by atoms with van der Waals surface area (Å²) in [4.78, 5) is 25.6. The third kappa shape index (κ3) is 3.90. The van der Waals surface area contributed by atoms with Gasteiger partial charge in [-0.1, -0.05) is 6.07 Å². The third-order valence-electron chi connectivity index (χ3n) is 2.96. The first-order valence-corrected chi connectivity index (χ1v) is 7.26. The minimum Gasteiger partial charge on any atom is -0.478 e. The summed E-state index contributed by atoms with van der Waals surface area (Å²) in [5.74, 6) is -1.14. The number of thiophene rings is 1. The molecule has 6 heteroatoms. The summed E-state index contributed by atoms with van der Waals surface area (Å²) in [7, 11) is 0. The van der Waals surface area contributed by atoms with Gasteiger partial charge in [-0.05, 0) is 35.7 Å². The molecule has 0 fully saturated rings. The van der Waals surface area contributed by atoms with Crippen LogP contribution in [-0.2, 0) is 11.2 Å². The molecule has 0 aliphatic rings. The highest BCUT2D eigenvalue weighted by molar-refractivity contribution is 7.10. The number of carboxylic acids is 1. The van der Waals surface area contributed by atoms with Crippen LogP contribution in [0.4, 0.5) is 5.69 Å². The number of nitrogens with zero attached hydrogens (tertiary/aromatic N) is 1. The molecule has 0 saturated heterocycles. The Morgan fingerprint density at radius 1 is 1.14 bits per heavy atom. The van der Waals surface area contributed by atoms with Gasteiger partial charge in [-0.2, -0.15) is 0 Å². The van der Waals surface area contributed by atoms with E-state index in [4.69, 9.17) is 10.2 Å². The fourth-order valence-corrected chi connectivity index (χ4v) is 2.64. The number of carboxylic acid groups (broad SMARTS) is 1. The molecule has 1 aromatic carbocycles. The molecule has 0 aliphatic heterocycles. The van der Waals surface area contributed by atoms with Gasteiger partial charge in [-0.15, -0.1) is 11.3 Å². The van der Waals surface area contributed by atoms with Crippen molar-refractivity contribution in [2.45, 2.75) is 6.42 Å². The lowest BCUT2D eigenvalue weighted by atomic mass is 10.2. The van der Waals surface area contributed by atoms with Crippen LogP contribution in [0.25, 0.3) is 0 Å². The van der Waals surface area contributed by atoms with E-state index in [1.807, 2.05) is 17.5 Å². The Hall–Kier alpha value is -2.18. The van der Waals surface area contributed by atoms with E-state index in [2.05, 4.69) is 0 Å². The largest absolute Gasteiger partial charge is 0.478 e. The lowest BCUT2D eigenvalue weighted by molar-refractivity contribution is -0.118. The number of anilines is 1. The summed E-state index contributed by atoms with van der Waals surface area (Å²) in [6.07, 6.45) is 0.262. The van der Waals surface area contributed by atoms with E-state index in [-0.39, 0.29) is 31.0 Å². The van der Waals surface area contributed by atoms with Crippen LogP contribution in [0.2, 0.25) is 0 Å². The standard InChI is InChI=1S/C15H15NO4S/c17-8-7-16(14(18)10-13-2-1-9-21-13)12-5-3-11(4-6-12)15(19)20/h1-6,9,17H,7-8,10H2,(H,19,20). The topological polar surface area (TPSA) is 77.8 Å². The summed E-state index contributed by atoms with van der Waals surface area (Å²) >= 11 is 1.50. The van der Waals surface area contributed by atoms with Crippen molar-refractivity contribution in [3.05, 3.63) is 52.2 Å². The molecule has 1 heterocycles. The van der Waals surface area contributed by atoms with Crippen LogP contribution in [-0.4, -0.2) is 35.2 Å². The molecule has 1 aromatic heterocycles. The average Bonchev–Trinajstić information content (AvgIpc) is 2.97. The smallest absolute Gasteiger partial charge is 0.335 e. The van der Waals surface area contributed by atoms with Crippen molar-refractivity contribution in [1.29, 1.82) is 0 Å². The molecule has 0 radical (unpaired) electrons. The Kier molecular flexibility index (Phi) is 5.08.